The zero-order chi connectivity index (χ0) is 17.5. The number of nitrogens with zero attached hydrogens (tertiary/aromatic N) is 3. The highest BCUT2D eigenvalue weighted by Gasteiger charge is 2.36. The van der Waals surface area contributed by atoms with Crippen LogP contribution in [-0.2, 0) is 0 Å². The normalized spacial score (nSPS) is 20.2. The standard InChI is InChI=1S/C17H20BrFN4O/c1-17(2)10-22(8-7-14(17)20)16(24)15-13(18)9-23(21-15)12-5-3-11(19)4-6-12/h3-6,9,14H,7-8,10,20H2,1-2H3. The van der Waals surface area contributed by atoms with Gasteiger partial charge in [-0.15, -0.1) is 0 Å². The van der Waals surface area contributed by atoms with Crippen LogP contribution in [0.25, 0.3) is 5.69 Å². The number of piperidine rings is 1. The molecule has 128 valence electrons. The molecule has 5 nitrogen and oxygen atoms in total. The Morgan fingerprint density at radius 3 is 2.67 bits per heavy atom. The zero-order valence-corrected chi connectivity index (χ0v) is 15.3. The molecule has 0 spiro atoms. The van der Waals surface area contributed by atoms with E-state index in [4.69, 9.17) is 5.73 Å². The minimum Gasteiger partial charge on any atom is -0.337 e. The molecule has 1 unspecified atom stereocenters. The van der Waals surface area contributed by atoms with Crippen molar-refractivity contribution in [2.75, 3.05) is 13.1 Å². The van der Waals surface area contributed by atoms with Gasteiger partial charge in [-0.25, -0.2) is 9.07 Å². The Labute approximate surface area is 148 Å². The molecule has 0 aliphatic carbocycles. The van der Waals surface area contributed by atoms with Crippen LogP contribution in [0.3, 0.4) is 0 Å². The summed E-state index contributed by atoms with van der Waals surface area (Å²) in [6, 6.07) is 6.04. The average molecular weight is 395 g/mol. The highest BCUT2D eigenvalue weighted by Crippen LogP contribution is 2.29. The van der Waals surface area contributed by atoms with Crippen LogP contribution in [0.1, 0.15) is 30.8 Å². The van der Waals surface area contributed by atoms with Crippen LogP contribution in [0.2, 0.25) is 0 Å². The minimum absolute atomic E-state index is 0.0850. The third-order valence-corrected chi connectivity index (χ3v) is 5.14. The largest absolute Gasteiger partial charge is 0.337 e. The first kappa shape index (κ1) is 17.1. The summed E-state index contributed by atoms with van der Waals surface area (Å²) in [5, 5.41) is 4.38. The van der Waals surface area contributed by atoms with Gasteiger partial charge in [-0.2, -0.15) is 5.10 Å². The maximum Gasteiger partial charge on any atom is 0.275 e. The third kappa shape index (κ3) is 3.23. The summed E-state index contributed by atoms with van der Waals surface area (Å²) in [5.74, 6) is -0.434. The molecule has 2 N–H and O–H groups in total. The Kier molecular flexibility index (Phi) is 4.48. The number of amides is 1. The van der Waals surface area contributed by atoms with Gasteiger partial charge in [-0.05, 0) is 52.0 Å². The van der Waals surface area contributed by atoms with E-state index in [9.17, 15) is 9.18 Å². The van der Waals surface area contributed by atoms with Crippen molar-refractivity contribution in [1.82, 2.24) is 14.7 Å². The van der Waals surface area contributed by atoms with E-state index >= 15 is 0 Å². The van der Waals surface area contributed by atoms with Crippen LogP contribution in [0.5, 0.6) is 0 Å². The van der Waals surface area contributed by atoms with Gasteiger partial charge in [0.05, 0.1) is 10.2 Å². The van der Waals surface area contributed by atoms with Gasteiger partial charge in [-0.3, -0.25) is 4.79 Å². The fourth-order valence-electron chi connectivity index (χ4n) is 2.92. The Morgan fingerprint density at radius 2 is 2.04 bits per heavy atom. The van der Waals surface area contributed by atoms with Gasteiger partial charge < -0.3 is 10.6 Å². The fourth-order valence-corrected chi connectivity index (χ4v) is 3.36. The minimum atomic E-state index is -0.312. The molecule has 0 radical (unpaired) electrons. The summed E-state index contributed by atoms with van der Waals surface area (Å²) in [6.07, 6.45) is 2.48. The molecule has 1 atom stereocenters. The average Bonchev–Trinajstić information content (AvgIpc) is 2.92. The molecule has 1 aliphatic rings. The molecule has 3 rings (SSSR count). The lowest BCUT2D eigenvalue weighted by molar-refractivity contribution is 0.0526. The van der Waals surface area contributed by atoms with Crippen molar-refractivity contribution >= 4 is 21.8 Å². The molecule has 24 heavy (non-hydrogen) atoms. The van der Waals surface area contributed by atoms with Crippen LogP contribution in [0, 0.1) is 11.2 Å². The van der Waals surface area contributed by atoms with E-state index in [0.29, 0.717) is 28.9 Å². The number of halogens is 2. The zero-order valence-electron chi connectivity index (χ0n) is 13.7. The van der Waals surface area contributed by atoms with Gasteiger partial charge in [0.1, 0.15) is 5.82 Å². The first-order chi connectivity index (χ1) is 11.3. The molecular formula is C17H20BrFN4O. The monoisotopic (exact) mass is 394 g/mol. The molecule has 0 bridgehead atoms. The second-order valence-electron chi connectivity index (χ2n) is 6.86. The van der Waals surface area contributed by atoms with E-state index in [1.807, 2.05) is 0 Å². The summed E-state index contributed by atoms with van der Waals surface area (Å²) in [5.41, 5.74) is 7.06. The van der Waals surface area contributed by atoms with Gasteiger partial charge in [0.15, 0.2) is 5.69 Å². The van der Waals surface area contributed by atoms with Crippen LogP contribution in [0.15, 0.2) is 34.9 Å². The van der Waals surface area contributed by atoms with Gasteiger partial charge in [0, 0.05) is 25.3 Å². The van der Waals surface area contributed by atoms with E-state index in [1.54, 1.807) is 27.9 Å². The molecule has 1 saturated heterocycles. The number of likely N-dealkylation sites (tertiary alicyclic amines) is 1. The fraction of sp³-hybridized carbons (Fsp3) is 0.412. The first-order valence-corrected chi connectivity index (χ1v) is 8.63. The van der Waals surface area contributed by atoms with E-state index < -0.39 is 0 Å². The van der Waals surface area contributed by atoms with Crippen LogP contribution in [0.4, 0.5) is 4.39 Å². The second kappa shape index (κ2) is 6.29. The predicted octanol–water partition coefficient (Wildman–Crippen LogP) is 2.97. The number of hydrogen-bond acceptors (Lipinski definition) is 3. The maximum atomic E-state index is 13.1. The third-order valence-electron chi connectivity index (χ3n) is 4.56. The van der Waals surface area contributed by atoms with Gasteiger partial charge >= 0.3 is 0 Å². The number of rotatable bonds is 2. The molecule has 1 aromatic carbocycles. The SMILES string of the molecule is CC1(C)CN(C(=O)c2nn(-c3ccc(F)cc3)cc2Br)CCC1N. The Balaban J connectivity index is 1.85. The molecule has 1 aromatic heterocycles. The number of hydrogen-bond donors (Lipinski definition) is 1. The molecule has 2 heterocycles. The van der Waals surface area contributed by atoms with Gasteiger partial charge in [0.25, 0.3) is 5.91 Å². The molecule has 2 aromatic rings. The highest BCUT2D eigenvalue weighted by atomic mass is 79.9. The van der Waals surface area contributed by atoms with Crippen LogP contribution < -0.4 is 5.73 Å². The van der Waals surface area contributed by atoms with E-state index in [1.165, 1.54) is 12.1 Å². The number of benzene rings is 1. The lowest BCUT2D eigenvalue weighted by Crippen LogP contribution is -2.54. The Hall–Kier alpha value is -1.73. The van der Waals surface area contributed by atoms with Gasteiger partial charge in [-0.1, -0.05) is 13.8 Å². The van der Waals surface area contributed by atoms with Crippen molar-refractivity contribution in [3.63, 3.8) is 0 Å². The second-order valence-corrected chi connectivity index (χ2v) is 7.71. The molecule has 1 aliphatic heterocycles. The van der Waals surface area contributed by atoms with E-state index in [0.717, 1.165) is 6.42 Å². The lowest BCUT2D eigenvalue weighted by Gasteiger charge is -2.42. The van der Waals surface area contributed by atoms with Crippen LogP contribution >= 0.6 is 15.9 Å². The van der Waals surface area contributed by atoms with Crippen molar-refractivity contribution in [2.24, 2.45) is 11.1 Å². The number of aromatic nitrogens is 2. The Bertz CT molecular complexity index is 756. The summed E-state index contributed by atoms with van der Waals surface area (Å²) >= 11 is 3.41. The lowest BCUT2D eigenvalue weighted by atomic mass is 9.79. The molecule has 1 fully saturated rings. The summed E-state index contributed by atoms with van der Waals surface area (Å²) in [4.78, 5) is 14.6. The van der Waals surface area contributed by atoms with E-state index in [2.05, 4.69) is 34.9 Å². The molecular weight excluding hydrogens is 375 g/mol. The highest BCUT2D eigenvalue weighted by molar-refractivity contribution is 9.10. The van der Waals surface area contributed by atoms with Crippen LogP contribution in [-0.4, -0.2) is 39.7 Å². The molecule has 1 amide bonds. The summed E-state index contributed by atoms with van der Waals surface area (Å²) < 4.78 is 15.2. The van der Waals surface area contributed by atoms with Crippen molar-refractivity contribution < 1.29 is 9.18 Å². The molecule has 0 saturated carbocycles. The van der Waals surface area contributed by atoms with Gasteiger partial charge in [0.2, 0.25) is 0 Å². The number of carbonyl (C=O) groups excluding carboxylic acids is 1. The maximum absolute atomic E-state index is 13.1. The van der Waals surface area contributed by atoms with Crippen molar-refractivity contribution in [3.05, 3.63) is 46.4 Å². The topological polar surface area (TPSA) is 64.2 Å². The van der Waals surface area contributed by atoms with Crippen molar-refractivity contribution in [2.45, 2.75) is 26.3 Å². The summed E-state index contributed by atoms with van der Waals surface area (Å²) in [7, 11) is 0. The van der Waals surface area contributed by atoms with Crippen molar-refractivity contribution in [3.8, 4) is 5.69 Å². The number of carbonyl (C=O) groups is 1. The Morgan fingerprint density at radius 1 is 1.38 bits per heavy atom. The molecule has 7 heteroatoms. The van der Waals surface area contributed by atoms with Crippen molar-refractivity contribution in [1.29, 1.82) is 0 Å². The quantitative estimate of drug-likeness (QED) is 0.851. The summed E-state index contributed by atoms with van der Waals surface area (Å²) in [6.45, 7) is 5.37. The predicted molar refractivity (Wildman–Crippen MR) is 93.5 cm³/mol. The first-order valence-electron chi connectivity index (χ1n) is 7.84. The number of nitrogens with two attached hydrogens (primary N) is 1. The smallest absolute Gasteiger partial charge is 0.275 e. The van der Waals surface area contributed by atoms with E-state index in [-0.39, 0.29) is 23.2 Å².